The first kappa shape index (κ1) is 11.5. The van der Waals surface area contributed by atoms with Crippen LogP contribution in [0.1, 0.15) is 32.6 Å². The van der Waals surface area contributed by atoms with Crippen molar-refractivity contribution in [2.75, 3.05) is 20.3 Å². The van der Waals surface area contributed by atoms with Crippen molar-refractivity contribution in [3.05, 3.63) is 0 Å². The van der Waals surface area contributed by atoms with Gasteiger partial charge in [-0.15, -0.1) is 0 Å². The topological polar surface area (TPSA) is 35.5 Å². The molecule has 1 aliphatic rings. The Kier molecular flexibility index (Phi) is 4.94. The summed E-state index contributed by atoms with van der Waals surface area (Å²) >= 11 is 0. The maximum atomic E-state index is 11.3. The highest BCUT2D eigenvalue weighted by atomic mass is 16.5. The van der Waals surface area contributed by atoms with Gasteiger partial charge in [-0.1, -0.05) is 6.42 Å². The lowest BCUT2D eigenvalue weighted by Gasteiger charge is -2.27. The molecule has 0 radical (unpaired) electrons. The van der Waals surface area contributed by atoms with Crippen molar-refractivity contribution in [2.24, 2.45) is 11.8 Å². The van der Waals surface area contributed by atoms with Crippen molar-refractivity contribution < 1.29 is 14.3 Å². The van der Waals surface area contributed by atoms with Gasteiger partial charge in [0, 0.05) is 13.2 Å². The van der Waals surface area contributed by atoms with Crippen molar-refractivity contribution >= 4 is 5.97 Å². The molecule has 2 atom stereocenters. The van der Waals surface area contributed by atoms with Gasteiger partial charge in [0.2, 0.25) is 0 Å². The predicted octanol–water partition coefficient (Wildman–Crippen LogP) is 2.00. The van der Waals surface area contributed by atoms with Crippen LogP contribution >= 0.6 is 0 Å². The fraction of sp³-hybridized carbons (Fsp3) is 0.909. The van der Waals surface area contributed by atoms with Gasteiger partial charge >= 0.3 is 5.97 Å². The molecule has 82 valence electrons. The normalized spacial score (nSPS) is 27.3. The summed E-state index contributed by atoms with van der Waals surface area (Å²) in [5.74, 6) is 0.609. The molecule has 0 aromatic heterocycles. The fourth-order valence-corrected chi connectivity index (χ4v) is 2.11. The Balaban J connectivity index is 2.31. The minimum absolute atomic E-state index is 0.0498. The maximum Gasteiger partial charge on any atom is 0.308 e. The van der Waals surface area contributed by atoms with E-state index in [4.69, 9.17) is 9.47 Å². The van der Waals surface area contributed by atoms with E-state index in [1.807, 2.05) is 6.92 Å². The van der Waals surface area contributed by atoms with E-state index in [9.17, 15) is 4.79 Å². The van der Waals surface area contributed by atoms with Gasteiger partial charge in [-0.05, 0) is 32.1 Å². The molecule has 0 aliphatic heterocycles. The van der Waals surface area contributed by atoms with Gasteiger partial charge in [0.1, 0.15) is 0 Å². The molecule has 0 saturated heterocycles. The Morgan fingerprint density at radius 3 is 2.86 bits per heavy atom. The van der Waals surface area contributed by atoms with Crippen molar-refractivity contribution in [3.8, 4) is 0 Å². The van der Waals surface area contributed by atoms with E-state index >= 15 is 0 Å². The van der Waals surface area contributed by atoms with E-state index in [2.05, 4.69) is 0 Å². The highest BCUT2D eigenvalue weighted by molar-refractivity contribution is 5.72. The second kappa shape index (κ2) is 6.02. The molecular weight excluding hydrogens is 180 g/mol. The van der Waals surface area contributed by atoms with Gasteiger partial charge in [-0.2, -0.15) is 0 Å². The second-order valence-corrected chi connectivity index (χ2v) is 3.91. The number of rotatable bonds is 4. The summed E-state index contributed by atoms with van der Waals surface area (Å²) in [5, 5.41) is 0. The quantitative estimate of drug-likeness (QED) is 0.651. The lowest BCUT2D eigenvalue weighted by atomic mass is 9.82. The van der Waals surface area contributed by atoms with E-state index in [0.29, 0.717) is 5.92 Å². The van der Waals surface area contributed by atoms with Crippen LogP contribution in [0.25, 0.3) is 0 Å². The maximum absolute atomic E-state index is 11.3. The summed E-state index contributed by atoms with van der Waals surface area (Å²) in [7, 11) is 1.47. The first-order valence-corrected chi connectivity index (χ1v) is 5.43. The van der Waals surface area contributed by atoms with Crippen LogP contribution in [0.15, 0.2) is 0 Å². The zero-order chi connectivity index (χ0) is 10.4. The van der Waals surface area contributed by atoms with Gasteiger partial charge in [-0.25, -0.2) is 0 Å². The van der Waals surface area contributed by atoms with Gasteiger partial charge in [0.15, 0.2) is 0 Å². The average Bonchev–Trinajstić information content (AvgIpc) is 2.25. The largest absolute Gasteiger partial charge is 0.469 e. The third kappa shape index (κ3) is 3.29. The summed E-state index contributed by atoms with van der Waals surface area (Å²) in [4.78, 5) is 11.3. The molecule has 1 aliphatic carbocycles. The number of hydrogen-bond donors (Lipinski definition) is 0. The van der Waals surface area contributed by atoms with Crippen LogP contribution < -0.4 is 0 Å². The highest BCUT2D eigenvalue weighted by Crippen LogP contribution is 2.29. The predicted molar refractivity (Wildman–Crippen MR) is 54.0 cm³/mol. The molecule has 1 rings (SSSR count). The molecular formula is C11H20O3. The Labute approximate surface area is 85.8 Å². The van der Waals surface area contributed by atoms with Crippen LogP contribution in [-0.4, -0.2) is 26.3 Å². The van der Waals surface area contributed by atoms with Crippen LogP contribution in [-0.2, 0) is 14.3 Å². The number of hydrogen-bond acceptors (Lipinski definition) is 3. The summed E-state index contributed by atoms with van der Waals surface area (Å²) < 4.78 is 10.1. The Morgan fingerprint density at radius 1 is 1.43 bits per heavy atom. The van der Waals surface area contributed by atoms with Gasteiger partial charge < -0.3 is 9.47 Å². The first-order valence-electron chi connectivity index (χ1n) is 5.43. The molecule has 0 amide bonds. The molecule has 1 saturated carbocycles. The Hall–Kier alpha value is -0.570. The monoisotopic (exact) mass is 200 g/mol. The minimum Gasteiger partial charge on any atom is -0.469 e. The number of methoxy groups -OCH3 is 1. The van der Waals surface area contributed by atoms with Crippen LogP contribution in [0.3, 0.4) is 0 Å². The smallest absolute Gasteiger partial charge is 0.308 e. The van der Waals surface area contributed by atoms with E-state index in [1.165, 1.54) is 13.5 Å². The molecule has 3 heteroatoms. The zero-order valence-electron chi connectivity index (χ0n) is 9.12. The molecule has 0 aromatic rings. The fourth-order valence-electron chi connectivity index (χ4n) is 2.11. The molecule has 14 heavy (non-hydrogen) atoms. The minimum atomic E-state index is -0.0498. The molecule has 0 bridgehead atoms. The van der Waals surface area contributed by atoms with Gasteiger partial charge in [0.25, 0.3) is 0 Å². The first-order chi connectivity index (χ1) is 6.77. The van der Waals surface area contributed by atoms with Crippen LogP contribution in [0.4, 0.5) is 0 Å². The average molecular weight is 200 g/mol. The molecule has 2 unspecified atom stereocenters. The Bertz CT molecular complexity index is 179. The van der Waals surface area contributed by atoms with Crippen molar-refractivity contribution in [2.45, 2.75) is 32.6 Å². The number of esters is 1. The van der Waals surface area contributed by atoms with Crippen LogP contribution in [0.2, 0.25) is 0 Å². The summed E-state index contributed by atoms with van der Waals surface area (Å²) in [6.07, 6.45) is 4.23. The number of carbonyl (C=O) groups is 1. The van der Waals surface area contributed by atoms with Crippen molar-refractivity contribution in [1.29, 1.82) is 0 Å². The van der Waals surface area contributed by atoms with Gasteiger partial charge in [0.05, 0.1) is 13.0 Å². The van der Waals surface area contributed by atoms with E-state index in [-0.39, 0.29) is 11.9 Å². The lowest BCUT2D eigenvalue weighted by molar-refractivity contribution is -0.147. The van der Waals surface area contributed by atoms with E-state index in [1.54, 1.807) is 0 Å². The van der Waals surface area contributed by atoms with E-state index < -0.39 is 0 Å². The SMILES string of the molecule is CCOCC1CCCC(C(=O)OC)C1. The zero-order valence-corrected chi connectivity index (χ0v) is 9.12. The van der Waals surface area contributed by atoms with Crippen LogP contribution in [0, 0.1) is 11.8 Å². The summed E-state index contributed by atoms with van der Waals surface area (Å²) in [6, 6.07) is 0. The molecule has 0 heterocycles. The standard InChI is InChI=1S/C11H20O3/c1-3-14-8-9-5-4-6-10(7-9)11(12)13-2/h9-10H,3-8H2,1-2H3. The molecule has 0 N–H and O–H groups in total. The van der Waals surface area contributed by atoms with Crippen molar-refractivity contribution in [3.63, 3.8) is 0 Å². The van der Waals surface area contributed by atoms with E-state index in [0.717, 1.165) is 32.5 Å². The second-order valence-electron chi connectivity index (χ2n) is 3.91. The van der Waals surface area contributed by atoms with Crippen molar-refractivity contribution in [1.82, 2.24) is 0 Å². The summed E-state index contributed by atoms with van der Waals surface area (Å²) in [6.45, 7) is 3.56. The molecule has 0 spiro atoms. The highest BCUT2D eigenvalue weighted by Gasteiger charge is 2.27. The third-order valence-electron chi connectivity index (χ3n) is 2.88. The number of carbonyl (C=O) groups excluding carboxylic acids is 1. The lowest BCUT2D eigenvalue weighted by Crippen LogP contribution is -2.26. The molecule has 1 fully saturated rings. The van der Waals surface area contributed by atoms with Gasteiger partial charge in [-0.3, -0.25) is 4.79 Å². The number of ether oxygens (including phenoxy) is 2. The summed E-state index contributed by atoms with van der Waals surface area (Å²) in [5.41, 5.74) is 0. The Morgan fingerprint density at radius 2 is 2.21 bits per heavy atom. The molecule has 0 aromatic carbocycles. The molecule has 3 nitrogen and oxygen atoms in total. The third-order valence-corrected chi connectivity index (χ3v) is 2.88. The van der Waals surface area contributed by atoms with Crippen LogP contribution in [0.5, 0.6) is 0 Å².